The molecule has 8 heteroatoms. The van der Waals surface area contributed by atoms with Gasteiger partial charge in [0.25, 0.3) is 0 Å². The maximum absolute atomic E-state index is 13.1. The summed E-state index contributed by atoms with van der Waals surface area (Å²) in [6.45, 7) is 8.80. The lowest BCUT2D eigenvalue weighted by atomic mass is 9.85. The topological polar surface area (TPSA) is 73.9 Å². The number of carbonyl (C=O) groups is 1. The molecule has 1 saturated heterocycles. The molecule has 1 atom stereocenters. The molecule has 1 aromatic rings. The normalized spacial score (nSPS) is 17.8. The molecule has 1 heterocycles. The second-order valence-electron chi connectivity index (χ2n) is 8.80. The summed E-state index contributed by atoms with van der Waals surface area (Å²) in [7, 11) is -1.10. The van der Waals surface area contributed by atoms with Gasteiger partial charge >= 0.3 is 6.09 Å². The summed E-state index contributed by atoms with van der Waals surface area (Å²) >= 11 is 0. The number of hydrogen-bond donors (Lipinski definition) is 1. The number of halogens is 1. The zero-order chi connectivity index (χ0) is 22.2. The van der Waals surface area contributed by atoms with Crippen LogP contribution in [-0.2, 0) is 20.3 Å². The zero-order valence-electron chi connectivity index (χ0n) is 18.2. The van der Waals surface area contributed by atoms with E-state index in [-0.39, 0.29) is 24.1 Å². The van der Waals surface area contributed by atoms with Crippen LogP contribution in [0.5, 0.6) is 5.75 Å². The molecule has 1 unspecified atom stereocenters. The van der Waals surface area contributed by atoms with Crippen LogP contribution >= 0.6 is 0 Å². The third kappa shape index (κ3) is 8.44. The predicted molar refractivity (Wildman–Crippen MR) is 115 cm³/mol. The van der Waals surface area contributed by atoms with Crippen LogP contribution in [0.15, 0.2) is 41.1 Å². The molecule has 0 radical (unpaired) electrons. The summed E-state index contributed by atoms with van der Waals surface area (Å²) in [6.07, 6.45) is 1.62. The van der Waals surface area contributed by atoms with E-state index < -0.39 is 22.5 Å². The largest absolute Gasteiger partial charge is 0.489 e. The quantitative estimate of drug-likeness (QED) is 0.649. The van der Waals surface area contributed by atoms with Crippen molar-refractivity contribution in [2.45, 2.75) is 51.0 Å². The number of ether oxygens (including phenoxy) is 3. The predicted octanol–water partition coefficient (Wildman–Crippen LogP) is 4.37. The highest BCUT2D eigenvalue weighted by Crippen LogP contribution is 2.32. The summed E-state index contributed by atoms with van der Waals surface area (Å²) in [5.41, 5.74) is -0.328. The Labute approximate surface area is 180 Å². The van der Waals surface area contributed by atoms with E-state index in [1.807, 2.05) is 0 Å². The fraction of sp³-hybridized carbons (Fsp3) is 0.591. The summed E-state index contributed by atoms with van der Waals surface area (Å²) < 4.78 is 41.9. The molecular formula is C22H32FNO5S. The van der Waals surface area contributed by atoms with Gasteiger partial charge in [-0.3, -0.25) is 4.21 Å². The van der Waals surface area contributed by atoms with Crippen molar-refractivity contribution in [1.82, 2.24) is 5.32 Å². The Balaban J connectivity index is 1.81. The summed E-state index contributed by atoms with van der Waals surface area (Å²) in [4.78, 5) is 12.4. The molecule has 0 saturated carbocycles. The van der Waals surface area contributed by atoms with Crippen LogP contribution in [-0.4, -0.2) is 48.0 Å². The van der Waals surface area contributed by atoms with E-state index in [1.165, 1.54) is 0 Å². The Morgan fingerprint density at radius 3 is 2.47 bits per heavy atom. The van der Waals surface area contributed by atoms with Gasteiger partial charge in [0.2, 0.25) is 0 Å². The van der Waals surface area contributed by atoms with Crippen molar-refractivity contribution in [2.24, 2.45) is 5.41 Å². The molecule has 1 aliphatic heterocycles. The van der Waals surface area contributed by atoms with Gasteiger partial charge in [-0.25, -0.2) is 9.18 Å². The third-order valence-electron chi connectivity index (χ3n) is 4.70. The number of nitrogens with one attached hydrogen (secondary N) is 1. The van der Waals surface area contributed by atoms with Gasteiger partial charge in [0.15, 0.2) is 0 Å². The van der Waals surface area contributed by atoms with E-state index >= 15 is 0 Å². The van der Waals surface area contributed by atoms with Crippen molar-refractivity contribution in [3.05, 3.63) is 36.2 Å². The maximum atomic E-state index is 13.1. The van der Waals surface area contributed by atoms with E-state index in [2.05, 4.69) is 12.2 Å². The van der Waals surface area contributed by atoms with Crippen LogP contribution in [0.25, 0.3) is 0 Å². The fourth-order valence-corrected chi connectivity index (χ4v) is 4.42. The molecule has 6 nitrogen and oxygen atoms in total. The molecule has 1 fully saturated rings. The van der Waals surface area contributed by atoms with Crippen LogP contribution in [0.3, 0.4) is 0 Å². The zero-order valence-corrected chi connectivity index (χ0v) is 19.0. The van der Waals surface area contributed by atoms with Gasteiger partial charge < -0.3 is 19.5 Å². The van der Waals surface area contributed by atoms with E-state index in [0.717, 1.165) is 17.7 Å². The molecule has 2 rings (SSSR count). The molecule has 0 bridgehead atoms. The Bertz CT molecular complexity index is 752. The highest BCUT2D eigenvalue weighted by Gasteiger charge is 2.29. The van der Waals surface area contributed by atoms with Crippen molar-refractivity contribution in [3.8, 4) is 5.75 Å². The third-order valence-corrected chi connectivity index (χ3v) is 6.46. The SMILES string of the molecule is CC1(CS(=O)c2ccc(OC/C(=C/F)CNC(=O)OC(C)(C)C)cc2)CCOCC1. The average molecular weight is 442 g/mol. The minimum Gasteiger partial charge on any atom is -0.489 e. The van der Waals surface area contributed by atoms with Crippen LogP contribution in [0.2, 0.25) is 0 Å². The molecule has 168 valence electrons. The number of benzene rings is 1. The number of rotatable bonds is 8. The van der Waals surface area contributed by atoms with Crippen molar-refractivity contribution in [2.75, 3.05) is 32.1 Å². The molecular weight excluding hydrogens is 409 g/mol. The Kier molecular flexibility index (Phi) is 8.85. The average Bonchev–Trinajstić information content (AvgIpc) is 2.67. The van der Waals surface area contributed by atoms with Gasteiger partial charge in [0, 0.05) is 36.0 Å². The fourth-order valence-electron chi connectivity index (χ4n) is 2.89. The van der Waals surface area contributed by atoms with E-state index in [4.69, 9.17) is 14.2 Å². The number of carbonyl (C=O) groups excluding carboxylic acids is 1. The van der Waals surface area contributed by atoms with Gasteiger partial charge in [-0.05, 0) is 63.3 Å². The van der Waals surface area contributed by atoms with E-state index in [1.54, 1.807) is 45.0 Å². The number of alkyl carbamates (subject to hydrolysis) is 1. The molecule has 0 spiro atoms. The lowest BCUT2D eigenvalue weighted by Gasteiger charge is -2.32. The molecule has 0 aromatic heterocycles. The summed E-state index contributed by atoms with van der Waals surface area (Å²) in [5.74, 6) is 1.13. The highest BCUT2D eigenvalue weighted by molar-refractivity contribution is 7.85. The van der Waals surface area contributed by atoms with Crippen LogP contribution < -0.4 is 10.1 Å². The first-order chi connectivity index (χ1) is 14.1. The smallest absolute Gasteiger partial charge is 0.407 e. The Morgan fingerprint density at radius 1 is 1.27 bits per heavy atom. The number of amides is 1. The summed E-state index contributed by atoms with van der Waals surface area (Å²) in [6, 6.07) is 6.98. The lowest BCUT2D eigenvalue weighted by Crippen LogP contribution is -2.34. The Hall–Kier alpha value is -1.93. The van der Waals surface area contributed by atoms with Gasteiger partial charge in [-0.2, -0.15) is 0 Å². The van der Waals surface area contributed by atoms with Crippen LogP contribution in [0, 0.1) is 5.41 Å². The van der Waals surface area contributed by atoms with Crippen molar-refractivity contribution in [1.29, 1.82) is 0 Å². The van der Waals surface area contributed by atoms with Gasteiger partial charge in [-0.1, -0.05) is 6.92 Å². The molecule has 1 aliphatic rings. The van der Waals surface area contributed by atoms with E-state index in [0.29, 0.717) is 31.0 Å². The first-order valence-corrected chi connectivity index (χ1v) is 11.4. The van der Waals surface area contributed by atoms with E-state index in [9.17, 15) is 13.4 Å². The molecule has 1 N–H and O–H groups in total. The minimum absolute atomic E-state index is 0.0180. The molecule has 1 aromatic carbocycles. The van der Waals surface area contributed by atoms with Crippen LogP contribution in [0.1, 0.15) is 40.5 Å². The standard InChI is InChI=1S/C22H32FNO5S/c1-21(2,3)29-20(25)24-14-17(13-23)15-28-18-5-7-19(8-6-18)30(26)16-22(4)9-11-27-12-10-22/h5-8,13H,9-12,14-16H2,1-4H3,(H,24,25)/b17-13+. The highest BCUT2D eigenvalue weighted by atomic mass is 32.2. The first kappa shape index (κ1) is 24.3. The summed E-state index contributed by atoms with van der Waals surface area (Å²) in [5, 5.41) is 2.49. The molecule has 1 amide bonds. The maximum Gasteiger partial charge on any atom is 0.407 e. The van der Waals surface area contributed by atoms with Gasteiger partial charge in [-0.15, -0.1) is 0 Å². The Morgan fingerprint density at radius 2 is 1.90 bits per heavy atom. The van der Waals surface area contributed by atoms with Crippen molar-refractivity contribution < 1.29 is 27.6 Å². The monoisotopic (exact) mass is 441 g/mol. The van der Waals surface area contributed by atoms with Crippen molar-refractivity contribution in [3.63, 3.8) is 0 Å². The minimum atomic E-state index is -1.10. The number of hydrogen-bond acceptors (Lipinski definition) is 5. The van der Waals surface area contributed by atoms with Crippen molar-refractivity contribution >= 4 is 16.9 Å². The molecule has 0 aliphatic carbocycles. The molecule has 30 heavy (non-hydrogen) atoms. The van der Waals surface area contributed by atoms with Gasteiger partial charge in [0.05, 0.1) is 17.1 Å². The second kappa shape index (κ2) is 10.9. The first-order valence-electron chi connectivity index (χ1n) is 10.0. The van der Waals surface area contributed by atoms with Gasteiger partial charge in [0.1, 0.15) is 18.0 Å². The second-order valence-corrected chi connectivity index (χ2v) is 10.2. The lowest BCUT2D eigenvalue weighted by molar-refractivity contribution is 0.0345. The van der Waals surface area contributed by atoms with Crippen LogP contribution in [0.4, 0.5) is 9.18 Å².